The maximum absolute atomic E-state index is 13.6. The van der Waals surface area contributed by atoms with Crippen molar-refractivity contribution in [1.82, 2.24) is 10.6 Å². The monoisotopic (exact) mass is 655 g/mol. The van der Waals surface area contributed by atoms with Crippen molar-refractivity contribution >= 4 is 24.0 Å². The molecule has 47 heavy (non-hydrogen) atoms. The summed E-state index contributed by atoms with van der Waals surface area (Å²) in [6, 6.07) is 17.7. The van der Waals surface area contributed by atoms with Gasteiger partial charge in [-0.05, 0) is 92.6 Å². The van der Waals surface area contributed by atoms with Crippen LogP contribution in [0.4, 0.5) is 18.9 Å². The Morgan fingerprint density at radius 1 is 0.957 bits per heavy atom. The van der Waals surface area contributed by atoms with Gasteiger partial charge in [0.15, 0.2) is 0 Å². The molecule has 0 fully saturated rings. The molecule has 0 bridgehead atoms. The zero-order valence-corrected chi connectivity index (χ0v) is 29.0. The van der Waals surface area contributed by atoms with E-state index >= 15 is 0 Å². The van der Waals surface area contributed by atoms with Gasteiger partial charge < -0.3 is 25.9 Å². The van der Waals surface area contributed by atoms with E-state index in [0.717, 1.165) is 46.5 Å². The summed E-state index contributed by atoms with van der Waals surface area (Å²) in [4.78, 5) is 21.6. The number of rotatable bonds is 12. The van der Waals surface area contributed by atoms with Crippen molar-refractivity contribution in [3.05, 3.63) is 106 Å². The number of carbonyl (C=O) groups excluding carboxylic acids is 2. The van der Waals surface area contributed by atoms with Crippen LogP contribution in [-0.4, -0.2) is 43.5 Å². The molecule has 0 aliphatic heterocycles. The lowest BCUT2D eigenvalue weighted by Crippen LogP contribution is -2.51. The van der Waals surface area contributed by atoms with Gasteiger partial charge in [0.2, 0.25) is 0 Å². The third-order valence-electron chi connectivity index (χ3n) is 7.76. The van der Waals surface area contributed by atoms with Crippen molar-refractivity contribution in [2.45, 2.75) is 91.6 Å². The van der Waals surface area contributed by atoms with Crippen LogP contribution in [0.15, 0.2) is 72.8 Å². The van der Waals surface area contributed by atoms with Gasteiger partial charge in [-0.2, -0.15) is 13.2 Å². The first-order chi connectivity index (χ1) is 22.2. The summed E-state index contributed by atoms with van der Waals surface area (Å²) in [5, 5.41) is 20.8. The molecule has 0 radical (unpaired) electrons. The molecule has 2 unspecified atom stereocenters. The van der Waals surface area contributed by atoms with E-state index in [-0.39, 0.29) is 12.5 Å². The van der Waals surface area contributed by atoms with E-state index in [4.69, 9.17) is 4.79 Å². The van der Waals surface area contributed by atoms with E-state index in [1.54, 1.807) is 26.0 Å². The Kier molecular flexibility index (Phi) is 17.2. The van der Waals surface area contributed by atoms with E-state index < -0.39 is 29.4 Å². The zero-order chi connectivity index (χ0) is 35.8. The van der Waals surface area contributed by atoms with Gasteiger partial charge in [0, 0.05) is 30.4 Å². The van der Waals surface area contributed by atoms with Crippen LogP contribution < -0.4 is 16.0 Å². The number of aliphatic hydroxyl groups is 1. The minimum absolute atomic E-state index is 0.0422. The second kappa shape index (κ2) is 19.7. The molecule has 3 aromatic rings. The predicted octanol–water partition coefficient (Wildman–Crippen LogP) is 8.33. The Balaban J connectivity index is 0.00000208. The average molecular weight is 656 g/mol. The first-order valence-corrected chi connectivity index (χ1v) is 15.9. The third-order valence-corrected chi connectivity index (χ3v) is 7.76. The molecule has 0 aliphatic carbocycles. The highest BCUT2D eigenvalue weighted by atomic mass is 19.4. The first-order valence-electron chi connectivity index (χ1n) is 15.9. The highest BCUT2D eigenvalue weighted by Gasteiger charge is 2.33. The number of hydrogen-bond donors (Lipinski definition) is 4. The Labute approximate surface area is 278 Å². The molecule has 0 aromatic heterocycles. The quantitative estimate of drug-likeness (QED) is 0.158. The van der Waals surface area contributed by atoms with Crippen LogP contribution in [0.25, 0.3) is 5.57 Å². The van der Waals surface area contributed by atoms with Crippen molar-refractivity contribution in [1.29, 1.82) is 0 Å². The molecule has 2 atom stereocenters. The fourth-order valence-corrected chi connectivity index (χ4v) is 5.08. The molecule has 0 aliphatic rings. The maximum atomic E-state index is 13.6. The maximum Gasteiger partial charge on any atom is 0.416 e. The number of benzene rings is 3. The minimum Gasteiger partial charge on any atom is -0.390 e. The van der Waals surface area contributed by atoms with Crippen LogP contribution in [0.2, 0.25) is 0 Å². The Hall–Kier alpha value is -3.95. The van der Waals surface area contributed by atoms with Crippen LogP contribution in [0.5, 0.6) is 0 Å². The Morgan fingerprint density at radius 3 is 2.09 bits per heavy atom. The van der Waals surface area contributed by atoms with Crippen molar-refractivity contribution < 1.29 is 27.9 Å². The number of carbonyl (C=O) groups is 2. The van der Waals surface area contributed by atoms with E-state index in [2.05, 4.69) is 36.7 Å². The van der Waals surface area contributed by atoms with Gasteiger partial charge in [0.1, 0.15) is 6.79 Å². The predicted molar refractivity (Wildman–Crippen MR) is 188 cm³/mol. The van der Waals surface area contributed by atoms with Gasteiger partial charge >= 0.3 is 6.18 Å². The second-order valence-corrected chi connectivity index (χ2v) is 11.7. The van der Waals surface area contributed by atoms with E-state index in [1.807, 2.05) is 70.2 Å². The van der Waals surface area contributed by atoms with Gasteiger partial charge in [-0.15, -0.1) is 0 Å². The number of amides is 1. The summed E-state index contributed by atoms with van der Waals surface area (Å²) >= 11 is 0. The third kappa shape index (κ3) is 12.3. The van der Waals surface area contributed by atoms with Crippen LogP contribution in [0, 0.1) is 6.92 Å². The number of anilines is 1. The number of allylic oxidation sites excluding steroid dienone is 2. The van der Waals surface area contributed by atoms with Crippen molar-refractivity contribution in [2.75, 3.05) is 18.9 Å². The molecule has 258 valence electrons. The van der Waals surface area contributed by atoms with Crippen molar-refractivity contribution in [2.24, 2.45) is 0 Å². The standard InChI is InChI=1S/C34H42F3N3O2.C3H8.CH2O/c1-7-24(8-2)28-18-25(19-29(38-6)22(28)3)32(42)40-30(17-23-13-10-9-11-14-23)31(41)21-39-33(4,5)26-15-12-16-27(20-26)34(35,36)37;1-3-2;1-2/h7,9-16,18-20,30-31,38-39,41H,8,17,21H2,1-6H3,(H,40,42);3H2,1-2H3;1H2/b24-7-;;. The molecule has 0 saturated carbocycles. The lowest BCUT2D eigenvalue weighted by atomic mass is 9.91. The van der Waals surface area contributed by atoms with Crippen LogP contribution in [0.3, 0.4) is 0 Å². The molecule has 9 heteroatoms. The largest absolute Gasteiger partial charge is 0.416 e. The number of alkyl halides is 3. The lowest BCUT2D eigenvalue weighted by Gasteiger charge is -2.32. The molecule has 3 aromatic carbocycles. The summed E-state index contributed by atoms with van der Waals surface area (Å²) in [6.45, 7) is 15.9. The molecule has 3 rings (SSSR count). The summed E-state index contributed by atoms with van der Waals surface area (Å²) in [6.07, 6.45) is -1.01. The number of hydrogen-bond acceptors (Lipinski definition) is 5. The van der Waals surface area contributed by atoms with Crippen LogP contribution >= 0.6 is 0 Å². The lowest BCUT2D eigenvalue weighted by molar-refractivity contribution is -0.137. The summed E-state index contributed by atoms with van der Waals surface area (Å²) in [5.41, 5.74) is 4.24. The summed E-state index contributed by atoms with van der Waals surface area (Å²) in [5.74, 6) is -0.323. The van der Waals surface area contributed by atoms with Gasteiger partial charge in [-0.3, -0.25) is 4.79 Å². The van der Waals surface area contributed by atoms with Gasteiger partial charge in [-0.25, -0.2) is 0 Å². The Morgan fingerprint density at radius 2 is 1.55 bits per heavy atom. The molecule has 0 spiro atoms. The number of aliphatic hydroxyl groups excluding tert-OH is 1. The highest BCUT2D eigenvalue weighted by Crippen LogP contribution is 2.32. The van der Waals surface area contributed by atoms with Crippen LogP contribution in [-0.2, 0) is 22.9 Å². The van der Waals surface area contributed by atoms with E-state index in [9.17, 15) is 23.1 Å². The van der Waals surface area contributed by atoms with Crippen molar-refractivity contribution in [3.63, 3.8) is 0 Å². The van der Waals surface area contributed by atoms with Gasteiger partial charge in [-0.1, -0.05) is 75.7 Å². The van der Waals surface area contributed by atoms with Crippen molar-refractivity contribution in [3.8, 4) is 0 Å². The SMILES string of the molecule is C/C=C(/CC)c1cc(C(=O)NC(Cc2ccccc2)C(O)CNC(C)(C)c2cccc(C(F)(F)F)c2)cc(NC)c1C.C=O.CCC. The van der Waals surface area contributed by atoms with Crippen LogP contribution in [0.1, 0.15) is 92.6 Å². The van der Waals surface area contributed by atoms with E-state index in [1.165, 1.54) is 12.5 Å². The minimum atomic E-state index is -4.45. The smallest absolute Gasteiger partial charge is 0.390 e. The van der Waals surface area contributed by atoms with E-state index in [0.29, 0.717) is 17.5 Å². The fourth-order valence-electron chi connectivity index (χ4n) is 5.08. The number of halogens is 3. The molecular formula is C38H52F3N3O3. The molecule has 4 N–H and O–H groups in total. The van der Waals surface area contributed by atoms with Gasteiger partial charge in [0.05, 0.1) is 17.7 Å². The fraction of sp³-hybridized carbons (Fsp3) is 0.421. The Bertz CT molecular complexity index is 1420. The topological polar surface area (TPSA) is 90.5 Å². The number of nitrogens with one attached hydrogen (secondary N) is 3. The first kappa shape index (κ1) is 41.1. The zero-order valence-electron chi connectivity index (χ0n) is 29.0. The summed E-state index contributed by atoms with van der Waals surface area (Å²) in [7, 11) is 1.81. The molecule has 6 nitrogen and oxygen atoms in total. The average Bonchev–Trinajstić information content (AvgIpc) is 3.06. The summed E-state index contributed by atoms with van der Waals surface area (Å²) < 4.78 is 39.9. The second-order valence-electron chi connectivity index (χ2n) is 11.7. The highest BCUT2D eigenvalue weighted by molar-refractivity contribution is 5.97. The molecule has 0 saturated heterocycles. The van der Waals surface area contributed by atoms with Gasteiger partial charge in [0.25, 0.3) is 5.91 Å². The normalized spacial score (nSPS) is 12.9. The molecule has 0 heterocycles. The molecule has 1 amide bonds. The molecular weight excluding hydrogens is 603 g/mol.